The number of ether oxygens (including phenoxy) is 2. The molecule has 1 saturated carbocycles. The molecule has 0 aromatic rings. The first kappa shape index (κ1) is 19.5. The molecule has 1 saturated heterocycles. The van der Waals surface area contributed by atoms with Crippen molar-refractivity contribution in [2.45, 2.75) is 51.6 Å². The number of nitrogens with one attached hydrogen (secondary N) is 2. The van der Waals surface area contributed by atoms with Crippen LogP contribution < -0.4 is 10.6 Å². The van der Waals surface area contributed by atoms with E-state index in [0.29, 0.717) is 12.0 Å². The Bertz CT molecular complexity index is 364. The van der Waals surface area contributed by atoms with E-state index >= 15 is 0 Å². The lowest BCUT2D eigenvalue weighted by atomic mass is 10.1. The third-order valence-corrected chi connectivity index (χ3v) is 4.70. The van der Waals surface area contributed by atoms with Gasteiger partial charge in [-0.25, -0.2) is 0 Å². The molecule has 1 unspecified atom stereocenters. The lowest BCUT2D eigenvalue weighted by Crippen LogP contribution is -2.44. The van der Waals surface area contributed by atoms with Crippen LogP contribution in [0.3, 0.4) is 0 Å². The average molecular weight is 341 g/mol. The fourth-order valence-electron chi connectivity index (χ4n) is 3.14. The number of hydrogen-bond donors (Lipinski definition) is 2. The molecule has 2 rings (SSSR count). The summed E-state index contributed by atoms with van der Waals surface area (Å²) in [7, 11) is 1.83. The van der Waals surface area contributed by atoms with Gasteiger partial charge in [0.05, 0.1) is 13.2 Å². The molecular formula is C18H36N4O2. The summed E-state index contributed by atoms with van der Waals surface area (Å²) in [6.45, 7) is 10.9. The minimum Gasteiger partial charge on any atom is -0.381 e. The van der Waals surface area contributed by atoms with Crippen molar-refractivity contribution < 1.29 is 9.47 Å². The van der Waals surface area contributed by atoms with E-state index in [-0.39, 0.29) is 0 Å². The molecule has 2 N–H and O–H groups in total. The van der Waals surface area contributed by atoms with Crippen molar-refractivity contribution in [2.24, 2.45) is 10.9 Å². The van der Waals surface area contributed by atoms with Gasteiger partial charge in [-0.05, 0) is 39.5 Å². The molecule has 1 aliphatic heterocycles. The zero-order valence-corrected chi connectivity index (χ0v) is 15.7. The Kier molecular flexibility index (Phi) is 8.84. The van der Waals surface area contributed by atoms with Crippen molar-refractivity contribution in [1.82, 2.24) is 15.5 Å². The standard InChI is InChI=1S/C18H36N4O2/c1-15(2)22(17-5-6-17)10-9-21-18(19-3)20-8-4-11-23-13-16-7-12-24-14-16/h15-17H,4-14H2,1-3H3,(H2,19,20,21). The molecule has 1 heterocycles. The largest absolute Gasteiger partial charge is 0.381 e. The predicted molar refractivity (Wildman–Crippen MR) is 98.6 cm³/mol. The second-order valence-electron chi connectivity index (χ2n) is 7.15. The van der Waals surface area contributed by atoms with Crippen molar-refractivity contribution in [1.29, 1.82) is 0 Å². The van der Waals surface area contributed by atoms with Gasteiger partial charge in [-0.1, -0.05) is 0 Å². The number of aliphatic imine (C=N–C) groups is 1. The molecule has 6 heteroatoms. The van der Waals surface area contributed by atoms with Crippen LogP contribution in [0.15, 0.2) is 4.99 Å². The van der Waals surface area contributed by atoms with Gasteiger partial charge in [0.2, 0.25) is 0 Å². The van der Waals surface area contributed by atoms with Crippen LogP contribution in [-0.4, -0.2) is 76.1 Å². The molecule has 1 aliphatic carbocycles. The van der Waals surface area contributed by atoms with Crippen LogP contribution in [0.1, 0.15) is 39.5 Å². The quantitative estimate of drug-likeness (QED) is 0.339. The molecule has 6 nitrogen and oxygen atoms in total. The van der Waals surface area contributed by atoms with Gasteiger partial charge in [-0.15, -0.1) is 0 Å². The monoisotopic (exact) mass is 340 g/mol. The molecule has 2 aliphatic rings. The van der Waals surface area contributed by atoms with Gasteiger partial charge in [0, 0.05) is 57.9 Å². The molecular weight excluding hydrogens is 304 g/mol. The van der Waals surface area contributed by atoms with Crippen LogP contribution in [0, 0.1) is 5.92 Å². The topological polar surface area (TPSA) is 58.1 Å². The lowest BCUT2D eigenvalue weighted by molar-refractivity contribution is 0.0888. The molecule has 0 aromatic carbocycles. The molecule has 0 amide bonds. The van der Waals surface area contributed by atoms with Crippen LogP contribution >= 0.6 is 0 Å². The van der Waals surface area contributed by atoms with Gasteiger partial charge in [0.25, 0.3) is 0 Å². The first-order valence-electron chi connectivity index (χ1n) is 9.56. The van der Waals surface area contributed by atoms with Crippen molar-refractivity contribution in [2.75, 3.05) is 53.1 Å². The number of guanidine groups is 1. The fraction of sp³-hybridized carbons (Fsp3) is 0.944. The number of nitrogens with zero attached hydrogens (tertiary/aromatic N) is 2. The predicted octanol–water partition coefficient (Wildman–Crippen LogP) is 1.47. The third kappa shape index (κ3) is 7.36. The average Bonchev–Trinajstić information content (AvgIpc) is 3.27. The van der Waals surface area contributed by atoms with Crippen molar-refractivity contribution >= 4 is 5.96 Å². The van der Waals surface area contributed by atoms with Crippen LogP contribution in [0.2, 0.25) is 0 Å². The summed E-state index contributed by atoms with van der Waals surface area (Å²) in [6, 6.07) is 1.43. The van der Waals surface area contributed by atoms with Gasteiger partial charge in [-0.2, -0.15) is 0 Å². The summed E-state index contributed by atoms with van der Waals surface area (Å²) in [4.78, 5) is 6.87. The molecule has 0 bridgehead atoms. The Morgan fingerprint density at radius 3 is 2.67 bits per heavy atom. The SMILES string of the molecule is CN=C(NCCCOCC1CCOC1)NCCN(C(C)C)C1CC1. The smallest absolute Gasteiger partial charge is 0.191 e. The summed E-state index contributed by atoms with van der Waals surface area (Å²) in [5.74, 6) is 1.49. The van der Waals surface area contributed by atoms with E-state index in [9.17, 15) is 0 Å². The van der Waals surface area contributed by atoms with E-state index < -0.39 is 0 Å². The maximum Gasteiger partial charge on any atom is 0.191 e. The van der Waals surface area contributed by atoms with Crippen LogP contribution in [-0.2, 0) is 9.47 Å². The summed E-state index contributed by atoms with van der Waals surface area (Å²) in [5, 5.41) is 6.77. The Morgan fingerprint density at radius 1 is 1.25 bits per heavy atom. The van der Waals surface area contributed by atoms with Gasteiger partial charge >= 0.3 is 0 Å². The van der Waals surface area contributed by atoms with Crippen LogP contribution in [0.25, 0.3) is 0 Å². The second kappa shape index (κ2) is 10.9. The van der Waals surface area contributed by atoms with Crippen molar-refractivity contribution in [3.8, 4) is 0 Å². The summed E-state index contributed by atoms with van der Waals surface area (Å²) in [6.07, 6.45) is 4.85. The van der Waals surface area contributed by atoms with Crippen molar-refractivity contribution in [3.63, 3.8) is 0 Å². The lowest BCUT2D eigenvalue weighted by Gasteiger charge is -2.26. The number of rotatable bonds is 11. The minimum atomic E-state index is 0.600. The molecule has 0 radical (unpaired) electrons. The summed E-state index contributed by atoms with van der Waals surface area (Å²) in [5.41, 5.74) is 0. The molecule has 2 fully saturated rings. The van der Waals surface area contributed by atoms with E-state index in [0.717, 1.165) is 70.9 Å². The molecule has 1 atom stereocenters. The first-order chi connectivity index (χ1) is 11.7. The maximum atomic E-state index is 5.72. The zero-order chi connectivity index (χ0) is 17.2. The Balaban J connectivity index is 1.47. The highest BCUT2D eigenvalue weighted by atomic mass is 16.5. The maximum absolute atomic E-state index is 5.72. The molecule has 140 valence electrons. The zero-order valence-electron chi connectivity index (χ0n) is 15.7. The third-order valence-electron chi connectivity index (χ3n) is 4.70. The van der Waals surface area contributed by atoms with E-state index in [4.69, 9.17) is 9.47 Å². The fourth-order valence-corrected chi connectivity index (χ4v) is 3.14. The highest BCUT2D eigenvalue weighted by molar-refractivity contribution is 5.79. The van der Waals surface area contributed by atoms with Gasteiger partial charge in [0.15, 0.2) is 5.96 Å². The van der Waals surface area contributed by atoms with Crippen molar-refractivity contribution in [3.05, 3.63) is 0 Å². The Morgan fingerprint density at radius 2 is 2.04 bits per heavy atom. The number of hydrogen-bond acceptors (Lipinski definition) is 4. The molecule has 24 heavy (non-hydrogen) atoms. The minimum absolute atomic E-state index is 0.600. The van der Waals surface area contributed by atoms with E-state index in [1.54, 1.807) is 0 Å². The van der Waals surface area contributed by atoms with E-state index in [2.05, 4.69) is 34.4 Å². The van der Waals surface area contributed by atoms with Crippen LogP contribution in [0.4, 0.5) is 0 Å². The van der Waals surface area contributed by atoms with Gasteiger partial charge < -0.3 is 20.1 Å². The highest BCUT2D eigenvalue weighted by Crippen LogP contribution is 2.27. The van der Waals surface area contributed by atoms with E-state index in [1.807, 2.05) is 7.05 Å². The van der Waals surface area contributed by atoms with E-state index in [1.165, 1.54) is 12.8 Å². The summed E-state index contributed by atoms with van der Waals surface area (Å²) < 4.78 is 11.1. The van der Waals surface area contributed by atoms with Crippen LogP contribution in [0.5, 0.6) is 0 Å². The van der Waals surface area contributed by atoms with Gasteiger partial charge in [-0.3, -0.25) is 9.89 Å². The Hall–Kier alpha value is -0.850. The summed E-state index contributed by atoms with van der Waals surface area (Å²) >= 11 is 0. The second-order valence-corrected chi connectivity index (χ2v) is 7.15. The van der Waals surface area contributed by atoms with Gasteiger partial charge in [0.1, 0.15) is 0 Å². The molecule has 0 aromatic heterocycles. The Labute approximate surface area is 147 Å². The molecule has 0 spiro atoms. The normalized spacial score (nSPS) is 21.7. The highest BCUT2D eigenvalue weighted by Gasteiger charge is 2.30. The first-order valence-corrected chi connectivity index (χ1v) is 9.56.